The Hall–Kier alpha value is -1.87. The lowest BCUT2D eigenvalue weighted by molar-refractivity contribution is 0.692. The van der Waals surface area contributed by atoms with Gasteiger partial charge in [-0.05, 0) is 41.3 Å². The van der Waals surface area contributed by atoms with Crippen molar-refractivity contribution in [1.29, 1.82) is 0 Å². The van der Waals surface area contributed by atoms with E-state index >= 15 is 0 Å². The maximum atomic E-state index is 4.03. The van der Waals surface area contributed by atoms with Gasteiger partial charge in [0, 0.05) is 44.8 Å². The van der Waals surface area contributed by atoms with Gasteiger partial charge in [-0.1, -0.05) is 12.1 Å². The van der Waals surface area contributed by atoms with Crippen LogP contribution in [-0.2, 0) is 19.5 Å². The van der Waals surface area contributed by atoms with Crippen molar-refractivity contribution in [2.75, 3.05) is 18.5 Å². The van der Waals surface area contributed by atoms with Crippen LogP contribution in [0, 0.1) is 0 Å². The molecule has 0 amide bonds. The third-order valence-corrected chi connectivity index (χ3v) is 3.68. The minimum absolute atomic E-state index is 0.888. The molecule has 1 aliphatic heterocycles. The summed E-state index contributed by atoms with van der Waals surface area (Å²) >= 11 is 0. The summed E-state index contributed by atoms with van der Waals surface area (Å²) in [7, 11) is 2.16. The van der Waals surface area contributed by atoms with Crippen molar-refractivity contribution < 1.29 is 0 Å². The molecule has 3 heteroatoms. The van der Waals surface area contributed by atoms with Gasteiger partial charge in [0.1, 0.15) is 0 Å². The fourth-order valence-electron chi connectivity index (χ4n) is 2.58. The lowest BCUT2D eigenvalue weighted by Crippen LogP contribution is -2.13. The van der Waals surface area contributed by atoms with Crippen LogP contribution in [0.2, 0.25) is 0 Å². The summed E-state index contributed by atoms with van der Waals surface area (Å²) in [5.41, 5.74) is 5.50. The molecule has 1 N–H and O–H groups in total. The summed E-state index contributed by atoms with van der Waals surface area (Å²) in [5.74, 6) is 0. The van der Waals surface area contributed by atoms with E-state index in [9.17, 15) is 0 Å². The van der Waals surface area contributed by atoms with E-state index < -0.39 is 0 Å². The zero-order valence-corrected chi connectivity index (χ0v) is 11.3. The van der Waals surface area contributed by atoms with Gasteiger partial charge in [-0.15, -0.1) is 0 Å². The number of anilines is 1. The summed E-state index contributed by atoms with van der Waals surface area (Å²) in [6, 6.07) is 10.9. The number of rotatable bonds is 4. The van der Waals surface area contributed by atoms with Crippen LogP contribution < -0.4 is 10.2 Å². The Morgan fingerprint density at radius 2 is 1.89 bits per heavy atom. The summed E-state index contributed by atoms with van der Waals surface area (Å²) in [5, 5.41) is 3.48. The quantitative estimate of drug-likeness (QED) is 0.906. The maximum Gasteiger partial charge on any atom is 0.0397 e. The third-order valence-electron chi connectivity index (χ3n) is 3.68. The van der Waals surface area contributed by atoms with Gasteiger partial charge >= 0.3 is 0 Å². The van der Waals surface area contributed by atoms with Crippen molar-refractivity contribution in [1.82, 2.24) is 10.3 Å². The van der Waals surface area contributed by atoms with Crippen molar-refractivity contribution in [3.05, 3.63) is 59.4 Å². The summed E-state index contributed by atoms with van der Waals surface area (Å²) < 4.78 is 0. The fourth-order valence-corrected chi connectivity index (χ4v) is 2.58. The second kappa shape index (κ2) is 5.41. The van der Waals surface area contributed by atoms with Crippen LogP contribution in [0.25, 0.3) is 0 Å². The van der Waals surface area contributed by atoms with Crippen LogP contribution in [0.5, 0.6) is 0 Å². The molecule has 98 valence electrons. The standard InChI is InChI=1S/C16H19N3/c1-19-9-6-15-10-14(2-3-16(15)19)12-18-11-13-4-7-17-8-5-13/h2-5,7-8,10,18H,6,9,11-12H2,1H3. The molecule has 2 aromatic rings. The maximum absolute atomic E-state index is 4.03. The average Bonchev–Trinajstić information content (AvgIpc) is 2.81. The highest BCUT2D eigenvalue weighted by atomic mass is 15.1. The van der Waals surface area contributed by atoms with Gasteiger partial charge in [0.25, 0.3) is 0 Å². The van der Waals surface area contributed by atoms with Crippen molar-refractivity contribution in [3.8, 4) is 0 Å². The lowest BCUT2D eigenvalue weighted by Gasteiger charge is -2.12. The Kier molecular flexibility index (Phi) is 3.47. The van der Waals surface area contributed by atoms with Crippen LogP contribution >= 0.6 is 0 Å². The number of nitrogens with zero attached hydrogens (tertiary/aromatic N) is 2. The number of aromatic nitrogens is 1. The van der Waals surface area contributed by atoms with Gasteiger partial charge in [0.05, 0.1) is 0 Å². The predicted octanol–water partition coefficient (Wildman–Crippen LogP) is 2.36. The first-order valence-electron chi connectivity index (χ1n) is 6.75. The second-order valence-corrected chi connectivity index (χ2v) is 5.09. The van der Waals surface area contributed by atoms with Crippen LogP contribution in [0.15, 0.2) is 42.7 Å². The number of nitrogens with one attached hydrogen (secondary N) is 1. The van der Waals surface area contributed by atoms with Gasteiger partial charge in [-0.25, -0.2) is 0 Å². The Bertz CT molecular complexity index is 551. The van der Waals surface area contributed by atoms with Gasteiger partial charge in [0.15, 0.2) is 0 Å². The molecule has 0 saturated heterocycles. The number of hydrogen-bond donors (Lipinski definition) is 1. The first-order valence-corrected chi connectivity index (χ1v) is 6.75. The van der Waals surface area contributed by atoms with E-state index in [2.05, 4.69) is 40.4 Å². The molecule has 2 heterocycles. The van der Waals surface area contributed by atoms with Crippen molar-refractivity contribution in [2.45, 2.75) is 19.5 Å². The summed E-state index contributed by atoms with van der Waals surface area (Å²) in [4.78, 5) is 6.35. The summed E-state index contributed by atoms with van der Waals surface area (Å²) in [6.45, 7) is 2.95. The molecule has 3 nitrogen and oxygen atoms in total. The molecule has 3 rings (SSSR count). The number of likely N-dealkylation sites (N-methyl/N-ethyl adjacent to an activating group) is 1. The average molecular weight is 253 g/mol. The van der Waals surface area contributed by atoms with E-state index in [0.717, 1.165) is 19.6 Å². The number of benzene rings is 1. The molecule has 0 fully saturated rings. The van der Waals surface area contributed by atoms with Crippen molar-refractivity contribution >= 4 is 5.69 Å². The van der Waals surface area contributed by atoms with Crippen LogP contribution in [0.1, 0.15) is 16.7 Å². The monoisotopic (exact) mass is 253 g/mol. The Morgan fingerprint density at radius 1 is 1.11 bits per heavy atom. The molecule has 1 aliphatic rings. The van der Waals surface area contributed by atoms with Crippen LogP contribution in [-0.4, -0.2) is 18.6 Å². The normalized spacial score (nSPS) is 13.6. The minimum Gasteiger partial charge on any atom is -0.374 e. The van der Waals surface area contributed by atoms with E-state index in [1.54, 1.807) is 0 Å². The van der Waals surface area contributed by atoms with Crippen molar-refractivity contribution in [2.24, 2.45) is 0 Å². The molecule has 1 aromatic heterocycles. The molecule has 0 atom stereocenters. The summed E-state index contributed by atoms with van der Waals surface area (Å²) in [6.07, 6.45) is 4.84. The molecular formula is C16H19N3. The molecule has 19 heavy (non-hydrogen) atoms. The van der Waals surface area contributed by atoms with E-state index in [0.29, 0.717) is 0 Å². The largest absolute Gasteiger partial charge is 0.374 e. The zero-order valence-electron chi connectivity index (χ0n) is 11.3. The third kappa shape index (κ3) is 2.76. The van der Waals surface area contributed by atoms with Gasteiger partial charge < -0.3 is 10.2 Å². The van der Waals surface area contributed by atoms with Gasteiger partial charge in [-0.2, -0.15) is 0 Å². The highest BCUT2D eigenvalue weighted by Gasteiger charge is 2.15. The molecule has 0 saturated carbocycles. The highest BCUT2D eigenvalue weighted by Crippen LogP contribution is 2.27. The molecule has 0 radical (unpaired) electrons. The first kappa shape index (κ1) is 12.2. The molecular weight excluding hydrogens is 234 g/mol. The lowest BCUT2D eigenvalue weighted by atomic mass is 10.1. The Balaban J connectivity index is 1.59. The molecule has 0 unspecified atom stereocenters. The SMILES string of the molecule is CN1CCc2cc(CNCc3ccncc3)ccc21. The number of pyridine rings is 1. The smallest absolute Gasteiger partial charge is 0.0397 e. The van der Waals surface area contributed by atoms with E-state index in [1.165, 1.54) is 28.8 Å². The van der Waals surface area contributed by atoms with E-state index in [-0.39, 0.29) is 0 Å². The number of fused-ring (bicyclic) bond motifs is 1. The van der Waals surface area contributed by atoms with Crippen molar-refractivity contribution in [3.63, 3.8) is 0 Å². The van der Waals surface area contributed by atoms with Gasteiger partial charge in [0.2, 0.25) is 0 Å². The Morgan fingerprint density at radius 3 is 2.74 bits per heavy atom. The topological polar surface area (TPSA) is 28.2 Å². The molecule has 0 bridgehead atoms. The zero-order chi connectivity index (χ0) is 13.1. The number of hydrogen-bond acceptors (Lipinski definition) is 3. The second-order valence-electron chi connectivity index (χ2n) is 5.09. The van der Waals surface area contributed by atoms with Gasteiger partial charge in [-0.3, -0.25) is 4.98 Å². The van der Waals surface area contributed by atoms with Crippen LogP contribution in [0.3, 0.4) is 0 Å². The molecule has 0 aliphatic carbocycles. The predicted molar refractivity (Wildman–Crippen MR) is 78.2 cm³/mol. The first-order chi connectivity index (χ1) is 9.33. The van der Waals surface area contributed by atoms with E-state index in [4.69, 9.17) is 0 Å². The minimum atomic E-state index is 0.888. The fraction of sp³-hybridized carbons (Fsp3) is 0.312. The molecule has 0 spiro atoms. The van der Waals surface area contributed by atoms with Crippen LogP contribution in [0.4, 0.5) is 5.69 Å². The Labute approximate surface area is 114 Å². The highest BCUT2D eigenvalue weighted by molar-refractivity contribution is 5.58. The van der Waals surface area contributed by atoms with E-state index in [1.807, 2.05) is 24.5 Å². The molecule has 1 aromatic carbocycles.